The summed E-state index contributed by atoms with van der Waals surface area (Å²) in [6.07, 6.45) is 10.4. The molecule has 156 valence electrons. The number of benzene rings is 1. The number of ketones is 1. The quantitative estimate of drug-likeness (QED) is 0.619. The minimum atomic E-state index is 0.0776. The lowest BCUT2D eigenvalue weighted by atomic mass is 9.79. The van der Waals surface area contributed by atoms with Gasteiger partial charge in [-0.3, -0.25) is 18.9 Å². The average Bonchev–Trinajstić information content (AvgIpc) is 3.60. The van der Waals surface area contributed by atoms with E-state index in [9.17, 15) is 9.59 Å². The average molecular weight is 404 g/mol. The molecule has 2 aromatic heterocycles. The zero-order valence-corrected chi connectivity index (χ0v) is 17.6. The molecule has 0 radical (unpaired) electrons. The van der Waals surface area contributed by atoms with Gasteiger partial charge in [0.1, 0.15) is 5.78 Å². The standard InChI is InChI=1S/C25H29N3O2/c1-27-22-9-8-21(19-6-7-19)15-23(22)28(25(27)30)16-18-2-4-20(5-3-18)24(29)14-17-10-12-26-13-11-17/h8-13,15,18-20H,2-7,14,16H2,1H3. The predicted octanol–water partition coefficient (Wildman–Crippen LogP) is 4.23. The summed E-state index contributed by atoms with van der Waals surface area (Å²) in [6.45, 7) is 0.759. The fourth-order valence-corrected chi connectivity index (χ4v) is 5.05. The van der Waals surface area contributed by atoms with E-state index in [0.29, 0.717) is 24.0 Å². The Bertz CT molecular complexity index is 1120. The van der Waals surface area contributed by atoms with Crippen LogP contribution in [0.4, 0.5) is 0 Å². The third-order valence-corrected chi connectivity index (χ3v) is 7.09. The summed E-state index contributed by atoms with van der Waals surface area (Å²) in [5.41, 5.74) is 4.58. The second-order valence-electron chi connectivity index (χ2n) is 9.19. The maximum atomic E-state index is 12.9. The molecule has 1 aromatic carbocycles. The van der Waals surface area contributed by atoms with E-state index in [0.717, 1.165) is 48.8 Å². The van der Waals surface area contributed by atoms with Gasteiger partial charge < -0.3 is 0 Å². The van der Waals surface area contributed by atoms with Gasteiger partial charge in [0.2, 0.25) is 0 Å². The van der Waals surface area contributed by atoms with Gasteiger partial charge in [-0.2, -0.15) is 0 Å². The molecule has 0 unspecified atom stereocenters. The van der Waals surface area contributed by atoms with Crippen molar-refractivity contribution in [2.45, 2.75) is 57.4 Å². The van der Waals surface area contributed by atoms with Gasteiger partial charge >= 0.3 is 5.69 Å². The number of aryl methyl sites for hydroxylation is 1. The van der Waals surface area contributed by atoms with E-state index in [1.54, 1.807) is 17.0 Å². The molecule has 2 aliphatic carbocycles. The summed E-state index contributed by atoms with van der Waals surface area (Å²) in [7, 11) is 1.87. The van der Waals surface area contributed by atoms with Gasteiger partial charge in [0, 0.05) is 38.3 Å². The zero-order chi connectivity index (χ0) is 20.7. The maximum Gasteiger partial charge on any atom is 0.328 e. The maximum absolute atomic E-state index is 12.9. The zero-order valence-electron chi connectivity index (χ0n) is 17.6. The van der Waals surface area contributed by atoms with Crippen molar-refractivity contribution in [3.8, 4) is 0 Å². The highest BCUT2D eigenvalue weighted by molar-refractivity contribution is 5.83. The number of fused-ring (bicyclic) bond motifs is 1. The van der Waals surface area contributed by atoms with Crippen LogP contribution in [0.2, 0.25) is 0 Å². The molecular formula is C25H29N3O2. The van der Waals surface area contributed by atoms with E-state index < -0.39 is 0 Å². The van der Waals surface area contributed by atoms with E-state index >= 15 is 0 Å². The minimum absolute atomic E-state index is 0.0776. The van der Waals surface area contributed by atoms with Crippen LogP contribution in [0, 0.1) is 11.8 Å². The highest BCUT2D eigenvalue weighted by atomic mass is 16.1. The van der Waals surface area contributed by atoms with Crippen LogP contribution in [0.5, 0.6) is 0 Å². The van der Waals surface area contributed by atoms with Crippen molar-refractivity contribution in [2.75, 3.05) is 0 Å². The lowest BCUT2D eigenvalue weighted by Crippen LogP contribution is -2.29. The molecule has 2 saturated carbocycles. The molecule has 2 heterocycles. The number of imidazole rings is 1. The Morgan fingerprint density at radius 2 is 1.73 bits per heavy atom. The molecule has 2 aliphatic rings. The highest BCUT2D eigenvalue weighted by Crippen LogP contribution is 2.41. The largest absolute Gasteiger partial charge is 0.328 e. The first kappa shape index (κ1) is 19.3. The van der Waals surface area contributed by atoms with Crippen molar-refractivity contribution < 1.29 is 4.79 Å². The van der Waals surface area contributed by atoms with Gasteiger partial charge in [-0.15, -0.1) is 0 Å². The summed E-state index contributed by atoms with van der Waals surface area (Å²) in [5, 5.41) is 0. The molecule has 0 amide bonds. The van der Waals surface area contributed by atoms with E-state index in [4.69, 9.17) is 0 Å². The van der Waals surface area contributed by atoms with E-state index in [2.05, 4.69) is 23.2 Å². The number of hydrogen-bond donors (Lipinski definition) is 0. The van der Waals surface area contributed by atoms with Crippen molar-refractivity contribution >= 4 is 16.8 Å². The van der Waals surface area contributed by atoms with Crippen LogP contribution in [0.3, 0.4) is 0 Å². The van der Waals surface area contributed by atoms with Crippen LogP contribution in [0.15, 0.2) is 47.5 Å². The van der Waals surface area contributed by atoms with Crippen LogP contribution in [0.1, 0.15) is 55.6 Å². The molecule has 0 saturated heterocycles. The SMILES string of the molecule is Cn1c(=O)n(CC2CCC(C(=O)Cc3ccncc3)CC2)c2cc(C3CC3)ccc21. The second-order valence-corrected chi connectivity index (χ2v) is 9.19. The monoisotopic (exact) mass is 403 g/mol. The van der Waals surface area contributed by atoms with Crippen LogP contribution >= 0.6 is 0 Å². The van der Waals surface area contributed by atoms with Gasteiger partial charge in [0.25, 0.3) is 0 Å². The number of nitrogens with zero attached hydrogens (tertiary/aromatic N) is 3. The number of aromatic nitrogens is 3. The van der Waals surface area contributed by atoms with E-state index in [1.165, 1.54) is 18.4 Å². The molecule has 2 fully saturated rings. The van der Waals surface area contributed by atoms with Crippen molar-refractivity contribution in [1.82, 2.24) is 14.1 Å². The van der Waals surface area contributed by atoms with Crippen molar-refractivity contribution in [3.05, 3.63) is 64.3 Å². The van der Waals surface area contributed by atoms with Gasteiger partial charge in [-0.1, -0.05) is 6.07 Å². The molecule has 5 rings (SSSR count). The molecule has 0 bridgehead atoms. The van der Waals surface area contributed by atoms with Gasteiger partial charge in [0.05, 0.1) is 11.0 Å². The number of Topliss-reactive ketones (excluding diaryl/α,β-unsaturated/α-hetero) is 1. The number of carbonyl (C=O) groups excluding carboxylic acids is 1. The Labute approximate surface area is 176 Å². The lowest BCUT2D eigenvalue weighted by Gasteiger charge is -2.28. The number of rotatable bonds is 6. The first-order valence-corrected chi connectivity index (χ1v) is 11.2. The predicted molar refractivity (Wildman–Crippen MR) is 118 cm³/mol. The Balaban J connectivity index is 1.27. The third kappa shape index (κ3) is 3.73. The fraction of sp³-hybridized carbons (Fsp3) is 0.480. The van der Waals surface area contributed by atoms with E-state index in [-0.39, 0.29) is 11.6 Å². The summed E-state index contributed by atoms with van der Waals surface area (Å²) in [4.78, 5) is 29.6. The second kappa shape index (κ2) is 7.86. The minimum Gasteiger partial charge on any atom is -0.299 e. The Hall–Kier alpha value is -2.69. The van der Waals surface area contributed by atoms with Gasteiger partial charge in [0.15, 0.2) is 0 Å². The third-order valence-electron chi connectivity index (χ3n) is 7.09. The topological polar surface area (TPSA) is 56.9 Å². The molecule has 30 heavy (non-hydrogen) atoms. The van der Waals surface area contributed by atoms with Gasteiger partial charge in [-0.25, -0.2) is 4.79 Å². The van der Waals surface area contributed by atoms with Crippen molar-refractivity contribution in [3.63, 3.8) is 0 Å². The highest BCUT2D eigenvalue weighted by Gasteiger charge is 2.28. The van der Waals surface area contributed by atoms with Crippen LogP contribution in [-0.4, -0.2) is 19.9 Å². The first-order valence-electron chi connectivity index (χ1n) is 11.2. The van der Waals surface area contributed by atoms with Crippen LogP contribution in [0.25, 0.3) is 11.0 Å². The molecule has 0 N–H and O–H groups in total. The van der Waals surface area contributed by atoms with Crippen molar-refractivity contribution in [1.29, 1.82) is 0 Å². The number of pyridine rings is 1. The fourth-order valence-electron chi connectivity index (χ4n) is 5.05. The molecule has 0 aliphatic heterocycles. The summed E-state index contributed by atoms with van der Waals surface area (Å²) in [6, 6.07) is 10.4. The normalized spacial score (nSPS) is 21.8. The van der Waals surface area contributed by atoms with E-state index in [1.807, 2.05) is 23.7 Å². The van der Waals surface area contributed by atoms with Crippen molar-refractivity contribution in [2.24, 2.45) is 18.9 Å². The Morgan fingerprint density at radius 3 is 2.43 bits per heavy atom. The molecular weight excluding hydrogens is 374 g/mol. The van der Waals surface area contributed by atoms with Crippen LogP contribution in [-0.2, 0) is 24.8 Å². The first-order chi connectivity index (χ1) is 14.6. The molecule has 5 nitrogen and oxygen atoms in total. The molecule has 3 aromatic rings. The Morgan fingerprint density at radius 1 is 1.00 bits per heavy atom. The number of hydrogen-bond acceptors (Lipinski definition) is 3. The lowest BCUT2D eigenvalue weighted by molar-refractivity contribution is -0.123. The van der Waals surface area contributed by atoms with Crippen LogP contribution < -0.4 is 5.69 Å². The summed E-state index contributed by atoms with van der Waals surface area (Å²) in [5.74, 6) is 1.64. The summed E-state index contributed by atoms with van der Waals surface area (Å²) >= 11 is 0. The molecule has 5 heteroatoms. The summed E-state index contributed by atoms with van der Waals surface area (Å²) < 4.78 is 3.75. The van der Waals surface area contributed by atoms with Gasteiger partial charge in [-0.05, 0) is 85.8 Å². The molecule has 0 atom stereocenters. The number of carbonyl (C=O) groups is 1. The smallest absolute Gasteiger partial charge is 0.299 e. The Kier molecular flexibility index (Phi) is 5.05. The molecule has 0 spiro atoms.